The first-order chi connectivity index (χ1) is 16.9. The van der Waals surface area contributed by atoms with Crippen LogP contribution in [0.5, 0.6) is 0 Å². The lowest BCUT2D eigenvalue weighted by atomic mass is 9.85. The molecule has 0 aliphatic rings. The summed E-state index contributed by atoms with van der Waals surface area (Å²) in [5.74, 6) is -1.62. The lowest BCUT2D eigenvalue weighted by Crippen LogP contribution is -2.24. The van der Waals surface area contributed by atoms with Crippen LogP contribution in [0.1, 0.15) is 59.5 Å². The highest BCUT2D eigenvalue weighted by molar-refractivity contribution is 5.98. The Morgan fingerprint density at radius 3 is 1.72 bits per heavy atom. The van der Waals surface area contributed by atoms with E-state index in [0.717, 1.165) is 23.6 Å². The molecule has 0 saturated heterocycles. The molecule has 184 valence electrons. The SMILES string of the molecule is [CH2]C(C)(C)Cc1ccc2cc(CC(C)(C)COC(=O)c3ccc4cc(C([O])=O)ccc4c3)ccc2c1. The maximum Gasteiger partial charge on any atom is 0.386 e. The summed E-state index contributed by atoms with van der Waals surface area (Å²) >= 11 is 0. The zero-order chi connectivity index (χ0) is 26.1. The highest BCUT2D eigenvalue weighted by Crippen LogP contribution is 2.28. The Labute approximate surface area is 212 Å². The van der Waals surface area contributed by atoms with E-state index in [4.69, 9.17) is 4.74 Å². The minimum Gasteiger partial charge on any atom is -0.462 e. The summed E-state index contributed by atoms with van der Waals surface area (Å²) in [4.78, 5) is 23.8. The molecule has 4 heteroatoms. The monoisotopic (exact) mass is 480 g/mol. The Kier molecular flexibility index (Phi) is 6.90. The molecular formula is C32H32O4. The molecule has 0 aliphatic carbocycles. The lowest BCUT2D eigenvalue weighted by Gasteiger charge is -2.24. The van der Waals surface area contributed by atoms with Gasteiger partial charge in [-0.15, -0.1) is 0 Å². The normalized spacial score (nSPS) is 12.1. The molecule has 4 aromatic carbocycles. The summed E-state index contributed by atoms with van der Waals surface area (Å²) in [6.45, 7) is 13.0. The summed E-state index contributed by atoms with van der Waals surface area (Å²) in [5, 5.41) is 15.0. The van der Waals surface area contributed by atoms with E-state index in [1.54, 1.807) is 24.3 Å². The van der Waals surface area contributed by atoms with Crippen molar-refractivity contribution in [2.24, 2.45) is 10.8 Å². The van der Waals surface area contributed by atoms with Crippen molar-refractivity contribution >= 4 is 33.5 Å². The molecule has 0 saturated carbocycles. The van der Waals surface area contributed by atoms with Gasteiger partial charge in [0.05, 0.1) is 17.7 Å². The van der Waals surface area contributed by atoms with Gasteiger partial charge >= 0.3 is 11.9 Å². The van der Waals surface area contributed by atoms with Gasteiger partial charge in [-0.05, 0) is 82.1 Å². The van der Waals surface area contributed by atoms with Crippen LogP contribution in [-0.4, -0.2) is 18.5 Å². The molecule has 4 nitrogen and oxygen atoms in total. The molecular weight excluding hydrogens is 448 g/mol. The van der Waals surface area contributed by atoms with Crippen molar-refractivity contribution in [3.05, 3.63) is 102 Å². The molecule has 0 amide bonds. The highest BCUT2D eigenvalue weighted by Gasteiger charge is 2.22. The molecule has 0 unspecified atom stereocenters. The largest absolute Gasteiger partial charge is 0.462 e. The number of ether oxygens (including phenoxy) is 1. The van der Waals surface area contributed by atoms with Gasteiger partial charge in [0.2, 0.25) is 0 Å². The number of esters is 1. The van der Waals surface area contributed by atoms with E-state index < -0.39 is 11.9 Å². The first-order valence-electron chi connectivity index (χ1n) is 12.2. The average Bonchev–Trinajstić information content (AvgIpc) is 2.80. The molecule has 0 aliphatic heterocycles. The Morgan fingerprint density at radius 2 is 1.17 bits per heavy atom. The maximum atomic E-state index is 12.7. The Bertz CT molecular complexity index is 1440. The van der Waals surface area contributed by atoms with Gasteiger partial charge in [0, 0.05) is 5.41 Å². The van der Waals surface area contributed by atoms with Crippen molar-refractivity contribution in [1.82, 2.24) is 0 Å². The van der Waals surface area contributed by atoms with Gasteiger partial charge in [0.15, 0.2) is 0 Å². The number of hydrogen-bond acceptors (Lipinski definition) is 3. The molecule has 0 fully saturated rings. The minimum atomic E-state index is -1.23. The summed E-state index contributed by atoms with van der Waals surface area (Å²) in [6, 6.07) is 22.9. The van der Waals surface area contributed by atoms with Gasteiger partial charge in [0.1, 0.15) is 0 Å². The van der Waals surface area contributed by atoms with Crippen LogP contribution in [0.2, 0.25) is 0 Å². The van der Waals surface area contributed by atoms with Crippen LogP contribution in [0.15, 0.2) is 72.8 Å². The van der Waals surface area contributed by atoms with E-state index in [0.29, 0.717) is 5.56 Å². The Hall–Kier alpha value is -3.66. The van der Waals surface area contributed by atoms with Crippen LogP contribution in [-0.2, 0) is 22.7 Å². The topological polar surface area (TPSA) is 63.3 Å². The molecule has 0 N–H and O–H groups in total. The second-order valence-corrected chi connectivity index (χ2v) is 11.3. The number of carbonyl (C=O) groups is 2. The first-order valence-corrected chi connectivity index (χ1v) is 12.2. The molecule has 0 heterocycles. The first kappa shape index (κ1) is 25.4. The molecule has 2 radical (unpaired) electrons. The van der Waals surface area contributed by atoms with E-state index in [-0.39, 0.29) is 23.0 Å². The zero-order valence-electron chi connectivity index (χ0n) is 21.4. The van der Waals surface area contributed by atoms with E-state index in [1.807, 2.05) is 0 Å². The fraction of sp³-hybridized carbons (Fsp3) is 0.281. The molecule has 0 bridgehead atoms. The fourth-order valence-electron chi connectivity index (χ4n) is 4.56. The van der Waals surface area contributed by atoms with Crippen LogP contribution in [0.3, 0.4) is 0 Å². The quantitative estimate of drug-likeness (QED) is 0.247. The standard InChI is InChI=1S/C32H32O4/c1-31(2,3)18-21-6-8-24-15-22(7-9-23(24)14-21)19-32(4,5)20-36-30(35)28-13-11-25-16-27(29(33)34)12-10-26(25)17-28/h6-17H,1,18-20H2,2-5H3. The summed E-state index contributed by atoms with van der Waals surface area (Å²) in [5.41, 5.74) is 2.78. The van der Waals surface area contributed by atoms with E-state index >= 15 is 0 Å². The minimum absolute atomic E-state index is 0.00349. The van der Waals surface area contributed by atoms with Gasteiger partial charge in [-0.1, -0.05) is 76.2 Å². The van der Waals surface area contributed by atoms with Crippen LogP contribution in [0.25, 0.3) is 21.5 Å². The second-order valence-electron chi connectivity index (χ2n) is 11.3. The third-order valence-electron chi connectivity index (χ3n) is 6.24. The van der Waals surface area contributed by atoms with Gasteiger partial charge in [-0.25, -0.2) is 14.7 Å². The van der Waals surface area contributed by atoms with Gasteiger partial charge in [-0.2, -0.15) is 0 Å². The molecule has 36 heavy (non-hydrogen) atoms. The van der Waals surface area contributed by atoms with Crippen molar-refractivity contribution in [1.29, 1.82) is 0 Å². The van der Waals surface area contributed by atoms with Crippen molar-refractivity contribution < 1.29 is 19.4 Å². The van der Waals surface area contributed by atoms with E-state index in [2.05, 4.69) is 71.0 Å². The van der Waals surface area contributed by atoms with Crippen LogP contribution in [0.4, 0.5) is 0 Å². The summed E-state index contributed by atoms with van der Waals surface area (Å²) in [7, 11) is 0. The third-order valence-corrected chi connectivity index (χ3v) is 6.24. The lowest BCUT2D eigenvalue weighted by molar-refractivity contribution is 0.0341. The Balaban J connectivity index is 1.41. The smallest absolute Gasteiger partial charge is 0.386 e. The molecule has 0 aromatic heterocycles. The number of rotatable bonds is 8. The van der Waals surface area contributed by atoms with E-state index in [9.17, 15) is 14.7 Å². The molecule has 4 aromatic rings. The summed E-state index contributed by atoms with van der Waals surface area (Å²) < 4.78 is 5.68. The maximum absolute atomic E-state index is 12.7. The van der Waals surface area contributed by atoms with Gasteiger partial charge < -0.3 is 4.74 Å². The number of benzene rings is 4. The third kappa shape index (κ3) is 6.31. The average molecular weight is 481 g/mol. The van der Waals surface area contributed by atoms with Crippen molar-refractivity contribution in [2.75, 3.05) is 6.61 Å². The van der Waals surface area contributed by atoms with Gasteiger partial charge in [0.25, 0.3) is 0 Å². The highest BCUT2D eigenvalue weighted by atomic mass is 16.5. The number of fused-ring (bicyclic) bond motifs is 2. The predicted octanol–water partition coefficient (Wildman–Crippen LogP) is 7.39. The number of hydrogen-bond donors (Lipinski definition) is 0. The summed E-state index contributed by atoms with van der Waals surface area (Å²) in [6.07, 6.45) is 1.70. The van der Waals surface area contributed by atoms with E-state index in [1.165, 1.54) is 34.0 Å². The van der Waals surface area contributed by atoms with Crippen LogP contribution >= 0.6 is 0 Å². The van der Waals surface area contributed by atoms with Gasteiger partial charge in [-0.3, -0.25) is 0 Å². The molecule has 0 spiro atoms. The predicted molar refractivity (Wildman–Crippen MR) is 144 cm³/mol. The fourth-order valence-corrected chi connectivity index (χ4v) is 4.56. The number of carbonyl (C=O) groups excluding carboxylic acids is 2. The van der Waals surface area contributed by atoms with Crippen molar-refractivity contribution in [3.63, 3.8) is 0 Å². The van der Waals surface area contributed by atoms with Crippen molar-refractivity contribution in [2.45, 2.75) is 40.5 Å². The van der Waals surface area contributed by atoms with Crippen LogP contribution < -0.4 is 0 Å². The molecule has 0 atom stereocenters. The Morgan fingerprint density at radius 1 is 0.694 bits per heavy atom. The molecule has 4 rings (SSSR count). The van der Waals surface area contributed by atoms with Crippen LogP contribution in [0, 0.1) is 17.8 Å². The zero-order valence-corrected chi connectivity index (χ0v) is 21.4. The van der Waals surface area contributed by atoms with Crippen molar-refractivity contribution in [3.8, 4) is 0 Å². The second kappa shape index (κ2) is 9.77.